The third kappa shape index (κ3) is 19.7. The summed E-state index contributed by atoms with van der Waals surface area (Å²) in [6.45, 7) is 3.04. The number of hydrogen-bond donors (Lipinski definition) is 0. The van der Waals surface area contributed by atoms with E-state index >= 15 is 0 Å². The van der Waals surface area contributed by atoms with E-state index < -0.39 is 0 Å². The fourth-order valence-electron chi connectivity index (χ4n) is 2.74. The van der Waals surface area contributed by atoms with E-state index in [1.165, 1.54) is 83.5 Å². The van der Waals surface area contributed by atoms with E-state index in [0.717, 1.165) is 13.0 Å². The molecule has 2 nitrogen and oxygen atoms in total. The molecule has 0 bridgehead atoms. The summed E-state index contributed by atoms with van der Waals surface area (Å²) in [5.41, 5.74) is 0. The summed E-state index contributed by atoms with van der Waals surface area (Å²) in [6, 6.07) is 0. The lowest BCUT2D eigenvalue weighted by Gasteiger charge is -2.33. The van der Waals surface area contributed by atoms with Crippen LogP contribution in [-0.2, 0) is 0 Å². The number of quaternary nitrogens is 1. The quantitative estimate of drug-likeness (QED) is 0.136. The number of allylic oxidation sites excluding steroid dienone is 2. The summed E-state index contributed by atoms with van der Waals surface area (Å²) < 4.78 is -0.136. The first kappa shape index (κ1) is 21.7. The van der Waals surface area contributed by atoms with Gasteiger partial charge in [0.25, 0.3) is 0 Å². The Morgan fingerprint density at radius 2 is 1.05 bits per heavy atom. The van der Waals surface area contributed by atoms with E-state index in [4.69, 9.17) is 0 Å². The molecule has 0 fully saturated rings. The molecule has 0 aromatic carbocycles. The molecule has 0 atom stereocenters. The van der Waals surface area contributed by atoms with Gasteiger partial charge in [0, 0.05) is 0 Å². The van der Waals surface area contributed by atoms with Crippen molar-refractivity contribution in [3.63, 3.8) is 0 Å². The van der Waals surface area contributed by atoms with Crippen LogP contribution in [0.4, 0.5) is 0 Å². The van der Waals surface area contributed by atoms with Gasteiger partial charge < -0.3 is 9.85 Å². The Labute approximate surface area is 140 Å². The van der Waals surface area contributed by atoms with Gasteiger partial charge in [-0.1, -0.05) is 70.4 Å². The SMILES string of the molecule is CCCCCCCCC=CCCCCCCCC[N+](C)(C)[O-]. The molecule has 0 saturated carbocycles. The van der Waals surface area contributed by atoms with E-state index in [1.54, 1.807) is 14.1 Å². The molecule has 132 valence electrons. The zero-order chi connectivity index (χ0) is 16.5. The zero-order valence-electron chi connectivity index (χ0n) is 15.6. The highest BCUT2D eigenvalue weighted by Crippen LogP contribution is 2.10. The van der Waals surface area contributed by atoms with Gasteiger partial charge in [0.15, 0.2) is 0 Å². The van der Waals surface area contributed by atoms with Crippen molar-refractivity contribution in [2.45, 2.75) is 96.8 Å². The van der Waals surface area contributed by atoms with Crippen LogP contribution in [0.1, 0.15) is 96.8 Å². The molecule has 0 radical (unpaired) electrons. The molecule has 0 spiro atoms. The topological polar surface area (TPSA) is 23.1 Å². The molecule has 2 heteroatoms. The Morgan fingerprint density at radius 1 is 0.636 bits per heavy atom. The molecule has 0 rings (SSSR count). The molecule has 0 heterocycles. The zero-order valence-corrected chi connectivity index (χ0v) is 15.6. The Bertz CT molecular complexity index is 243. The van der Waals surface area contributed by atoms with Gasteiger partial charge in [-0.15, -0.1) is 0 Å². The highest BCUT2D eigenvalue weighted by atomic mass is 16.5. The van der Waals surface area contributed by atoms with Gasteiger partial charge in [-0.25, -0.2) is 0 Å². The van der Waals surface area contributed by atoms with Crippen molar-refractivity contribution in [3.8, 4) is 0 Å². The van der Waals surface area contributed by atoms with Crippen LogP contribution < -0.4 is 0 Å². The van der Waals surface area contributed by atoms with Crippen molar-refractivity contribution in [3.05, 3.63) is 17.4 Å². The Kier molecular flexibility index (Phi) is 15.3. The first-order chi connectivity index (χ1) is 10.6. The van der Waals surface area contributed by atoms with Crippen molar-refractivity contribution in [2.75, 3.05) is 20.6 Å². The number of hydroxylamine groups is 3. The standard InChI is InChI=1S/C20H41NO/c1-4-5-6-7-8-9-10-11-12-13-14-15-16-17-18-19-20-21(2,3)22/h11-12H,4-10,13-20H2,1-3H3. The molecule has 0 amide bonds. The Morgan fingerprint density at radius 3 is 1.50 bits per heavy atom. The van der Waals surface area contributed by atoms with Gasteiger partial charge in [0.05, 0.1) is 20.6 Å². The summed E-state index contributed by atoms with van der Waals surface area (Å²) in [7, 11) is 3.47. The lowest BCUT2D eigenvalue weighted by molar-refractivity contribution is -0.840. The van der Waals surface area contributed by atoms with Crippen molar-refractivity contribution < 1.29 is 4.65 Å². The molecular formula is C20H41NO. The molecule has 0 unspecified atom stereocenters. The molecule has 0 aromatic heterocycles. The molecule has 0 aliphatic rings. The predicted molar refractivity (Wildman–Crippen MR) is 99.8 cm³/mol. The van der Waals surface area contributed by atoms with Crippen LogP contribution in [-0.4, -0.2) is 25.3 Å². The molecule has 22 heavy (non-hydrogen) atoms. The minimum Gasteiger partial charge on any atom is -0.633 e. The van der Waals surface area contributed by atoms with Crippen LogP contribution in [0.15, 0.2) is 12.2 Å². The Hall–Kier alpha value is -0.340. The monoisotopic (exact) mass is 311 g/mol. The number of rotatable bonds is 16. The van der Waals surface area contributed by atoms with Gasteiger partial charge in [-0.05, 0) is 38.5 Å². The minimum atomic E-state index is -0.136. The van der Waals surface area contributed by atoms with Crippen LogP contribution in [0.3, 0.4) is 0 Å². The average Bonchev–Trinajstić information content (AvgIpc) is 2.45. The van der Waals surface area contributed by atoms with E-state index in [2.05, 4.69) is 19.1 Å². The maximum atomic E-state index is 11.4. The van der Waals surface area contributed by atoms with E-state index in [9.17, 15) is 5.21 Å². The second-order valence-electron chi connectivity index (χ2n) is 7.24. The Balaban J connectivity index is 3.11. The van der Waals surface area contributed by atoms with Gasteiger partial charge in [0.2, 0.25) is 0 Å². The normalized spacial score (nSPS) is 12.4. The second kappa shape index (κ2) is 15.6. The number of hydrogen-bond acceptors (Lipinski definition) is 1. The van der Waals surface area contributed by atoms with Crippen molar-refractivity contribution in [2.24, 2.45) is 0 Å². The molecule has 0 aliphatic carbocycles. The molecule has 0 aliphatic heterocycles. The molecule has 0 N–H and O–H groups in total. The summed E-state index contributed by atoms with van der Waals surface area (Å²) in [5, 5.41) is 11.4. The maximum absolute atomic E-state index is 11.4. The fourth-order valence-corrected chi connectivity index (χ4v) is 2.74. The molecular weight excluding hydrogens is 270 g/mol. The lowest BCUT2D eigenvalue weighted by atomic mass is 10.1. The summed E-state index contributed by atoms with van der Waals surface area (Å²) in [5.74, 6) is 0. The highest BCUT2D eigenvalue weighted by Gasteiger charge is 2.00. The van der Waals surface area contributed by atoms with Crippen LogP contribution >= 0.6 is 0 Å². The highest BCUT2D eigenvalue weighted by molar-refractivity contribution is 4.81. The van der Waals surface area contributed by atoms with Crippen LogP contribution in [0.2, 0.25) is 0 Å². The first-order valence-corrected chi connectivity index (χ1v) is 9.75. The summed E-state index contributed by atoms with van der Waals surface area (Å²) in [6.07, 6.45) is 23.2. The summed E-state index contributed by atoms with van der Waals surface area (Å²) >= 11 is 0. The van der Waals surface area contributed by atoms with Gasteiger partial charge in [-0.3, -0.25) is 0 Å². The van der Waals surface area contributed by atoms with Gasteiger partial charge >= 0.3 is 0 Å². The lowest BCUT2D eigenvalue weighted by Crippen LogP contribution is -2.32. The number of unbranched alkanes of at least 4 members (excludes halogenated alkanes) is 12. The van der Waals surface area contributed by atoms with Crippen molar-refractivity contribution in [1.29, 1.82) is 0 Å². The second-order valence-corrected chi connectivity index (χ2v) is 7.24. The maximum Gasteiger partial charge on any atom is 0.0779 e. The molecule has 0 aromatic rings. The van der Waals surface area contributed by atoms with Crippen molar-refractivity contribution >= 4 is 0 Å². The van der Waals surface area contributed by atoms with Gasteiger partial charge in [0.1, 0.15) is 0 Å². The smallest absolute Gasteiger partial charge is 0.0779 e. The van der Waals surface area contributed by atoms with E-state index in [0.29, 0.717) is 0 Å². The van der Waals surface area contributed by atoms with Crippen LogP contribution in [0, 0.1) is 5.21 Å². The van der Waals surface area contributed by atoms with E-state index in [1.807, 2.05) is 0 Å². The van der Waals surface area contributed by atoms with Crippen LogP contribution in [0.5, 0.6) is 0 Å². The molecule has 0 saturated heterocycles. The van der Waals surface area contributed by atoms with Gasteiger partial charge in [-0.2, -0.15) is 0 Å². The summed E-state index contributed by atoms with van der Waals surface area (Å²) in [4.78, 5) is 0. The largest absolute Gasteiger partial charge is 0.633 e. The minimum absolute atomic E-state index is 0.136. The van der Waals surface area contributed by atoms with Crippen molar-refractivity contribution in [1.82, 2.24) is 0 Å². The third-order valence-electron chi connectivity index (χ3n) is 4.21. The number of nitrogens with zero attached hydrogens (tertiary/aromatic N) is 1. The first-order valence-electron chi connectivity index (χ1n) is 9.75. The van der Waals surface area contributed by atoms with Crippen LogP contribution in [0.25, 0.3) is 0 Å². The fraction of sp³-hybridized carbons (Fsp3) is 0.900. The van der Waals surface area contributed by atoms with E-state index in [-0.39, 0.29) is 4.65 Å². The average molecular weight is 312 g/mol. The predicted octanol–water partition coefficient (Wildman–Crippen LogP) is 6.60. The third-order valence-corrected chi connectivity index (χ3v) is 4.21.